The highest BCUT2D eigenvalue weighted by atomic mass is 79.9. The minimum atomic E-state index is -0.153. The topological polar surface area (TPSA) is 47.6 Å². The summed E-state index contributed by atoms with van der Waals surface area (Å²) in [6.45, 7) is 5.11. The molecule has 2 aromatic rings. The van der Waals surface area contributed by atoms with Gasteiger partial charge in [-0.25, -0.2) is 0 Å². The average Bonchev–Trinajstić information content (AvgIpc) is 2.62. The van der Waals surface area contributed by atoms with E-state index in [0.29, 0.717) is 13.2 Å². The molecule has 3 rings (SSSR count). The van der Waals surface area contributed by atoms with E-state index >= 15 is 0 Å². The number of ether oxygens (including phenoxy) is 2. The van der Waals surface area contributed by atoms with Gasteiger partial charge in [-0.2, -0.15) is 0 Å². The van der Waals surface area contributed by atoms with Crippen molar-refractivity contribution < 1.29 is 14.3 Å². The Morgan fingerprint density at radius 3 is 2.44 bits per heavy atom. The van der Waals surface area contributed by atoms with Crippen molar-refractivity contribution in [2.45, 2.75) is 32.2 Å². The molecule has 2 aromatic carbocycles. The summed E-state index contributed by atoms with van der Waals surface area (Å²) in [5.74, 6) is 1.33. The second kappa shape index (κ2) is 7.91. The van der Waals surface area contributed by atoms with Gasteiger partial charge in [-0.3, -0.25) is 4.79 Å². The molecule has 25 heavy (non-hydrogen) atoms. The van der Waals surface area contributed by atoms with Crippen molar-refractivity contribution in [2.75, 3.05) is 13.2 Å². The maximum atomic E-state index is 12.8. The summed E-state index contributed by atoms with van der Waals surface area (Å²) >= 11 is 3.58. The van der Waals surface area contributed by atoms with Crippen molar-refractivity contribution >= 4 is 21.8 Å². The van der Waals surface area contributed by atoms with E-state index in [1.807, 2.05) is 56.3 Å². The molecule has 0 bridgehead atoms. The number of carbonyl (C=O) groups excluding carboxylic acids is 1. The molecule has 1 aliphatic rings. The van der Waals surface area contributed by atoms with Crippen molar-refractivity contribution in [3.63, 3.8) is 0 Å². The van der Waals surface area contributed by atoms with Gasteiger partial charge in [0.15, 0.2) is 11.5 Å². The third kappa shape index (κ3) is 3.98. The molecule has 4 nitrogen and oxygen atoms in total. The lowest BCUT2D eigenvalue weighted by Gasteiger charge is -2.24. The molecule has 0 spiro atoms. The second-order valence-electron chi connectivity index (χ2n) is 6.12. The first-order valence-electron chi connectivity index (χ1n) is 8.54. The van der Waals surface area contributed by atoms with Crippen LogP contribution < -0.4 is 14.8 Å². The lowest BCUT2D eigenvalue weighted by atomic mass is 9.95. The number of nitrogens with one attached hydrogen (secondary N) is 1. The Kier molecular flexibility index (Phi) is 5.63. The average molecular weight is 404 g/mol. The fourth-order valence-corrected chi connectivity index (χ4v) is 3.73. The first-order valence-corrected chi connectivity index (χ1v) is 9.33. The second-order valence-corrected chi connectivity index (χ2v) is 6.97. The quantitative estimate of drug-likeness (QED) is 0.793. The number of fused-ring (bicyclic) bond motifs is 1. The number of hydrogen-bond acceptors (Lipinski definition) is 3. The summed E-state index contributed by atoms with van der Waals surface area (Å²) in [6.07, 6.45) is 0.755. The number of benzene rings is 2. The van der Waals surface area contributed by atoms with Crippen molar-refractivity contribution in [1.29, 1.82) is 0 Å². The lowest BCUT2D eigenvalue weighted by molar-refractivity contribution is -0.123. The molecule has 0 aromatic heterocycles. The van der Waals surface area contributed by atoms with Gasteiger partial charge in [-0.05, 0) is 36.6 Å². The van der Waals surface area contributed by atoms with Crippen LogP contribution >= 0.6 is 15.9 Å². The van der Waals surface area contributed by atoms with Crippen molar-refractivity contribution in [1.82, 2.24) is 5.32 Å². The summed E-state index contributed by atoms with van der Waals surface area (Å²) in [5, 5.41) is 3.13. The number of rotatable bonds is 5. The van der Waals surface area contributed by atoms with Crippen molar-refractivity contribution in [2.24, 2.45) is 0 Å². The molecular weight excluding hydrogens is 382 g/mol. The van der Waals surface area contributed by atoms with Crippen LogP contribution in [0.1, 0.15) is 43.4 Å². The van der Waals surface area contributed by atoms with E-state index in [9.17, 15) is 4.79 Å². The third-order valence-electron chi connectivity index (χ3n) is 4.41. The number of hydrogen-bond donors (Lipinski definition) is 1. The van der Waals surface area contributed by atoms with Crippen LogP contribution in [0.4, 0.5) is 0 Å². The Hall–Kier alpha value is -2.01. The molecule has 1 heterocycles. The van der Waals surface area contributed by atoms with Crippen LogP contribution in [0.25, 0.3) is 0 Å². The summed E-state index contributed by atoms with van der Waals surface area (Å²) in [6, 6.07) is 13.6. The van der Waals surface area contributed by atoms with Gasteiger partial charge in [0.05, 0.1) is 12.0 Å². The van der Waals surface area contributed by atoms with Gasteiger partial charge in [0.2, 0.25) is 5.91 Å². The van der Waals surface area contributed by atoms with E-state index in [0.717, 1.165) is 33.5 Å². The minimum Gasteiger partial charge on any atom is -0.486 e. The molecule has 0 aliphatic carbocycles. The van der Waals surface area contributed by atoms with E-state index in [-0.39, 0.29) is 17.9 Å². The molecule has 2 unspecified atom stereocenters. The maximum absolute atomic E-state index is 12.8. The molecular formula is C20H22BrNO3. The molecule has 0 saturated carbocycles. The first-order chi connectivity index (χ1) is 12.1. The van der Waals surface area contributed by atoms with Crippen LogP contribution in [-0.4, -0.2) is 19.1 Å². The predicted octanol–water partition coefficient (Wildman–Crippen LogP) is 4.59. The minimum absolute atomic E-state index is 0.0305. The monoisotopic (exact) mass is 403 g/mol. The maximum Gasteiger partial charge on any atom is 0.228 e. The molecule has 0 fully saturated rings. The SMILES string of the molecule is CCC(C(=O)NC(C)c1cc2c(cc1Br)OCCO2)c1ccccc1. The predicted molar refractivity (Wildman–Crippen MR) is 101 cm³/mol. The fraction of sp³-hybridized carbons (Fsp3) is 0.350. The summed E-state index contributed by atoms with van der Waals surface area (Å²) in [5.41, 5.74) is 2.01. The zero-order valence-corrected chi connectivity index (χ0v) is 16.0. The largest absolute Gasteiger partial charge is 0.486 e. The van der Waals surface area contributed by atoms with Crippen LogP contribution in [0.2, 0.25) is 0 Å². The van der Waals surface area contributed by atoms with Crippen LogP contribution in [-0.2, 0) is 4.79 Å². The molecule has 2 atom stereocenters. The van der Waals surface area contributed by atoms with E-state index in [2.05, 4.69) is 21.2 Å². The zero-order chi connectivity index (χ0) is 17.8. The van der Waals surface area contributed by atoms with Gasteiger partial charge in [0.25, 0.3) is 0 Å². The Bertz CT molecular complexity index is 748. The lowest BCUT2D eigenvalue weighted by Crippen LogP contribution is -2.31. The molecule has 132 valence electrons. The summed E-state index contributed by atoms with van der Waals surface area (Å²) in [4.78, 5) is 12.8. The number of carbonyl (C=O) groups is 1. The smallest absolute Gasteiger partial charge is 0.228 e. The van der Waals surface area contributed by atoms with Crippen molar-refractivity contribution in [3.8, 4) is 11.5 Å². The van der Waals surface area contributed by atoms with Gasteiger partial charge in [0, 0.05) is 4.47 Å². The Morgan fingerprint density at radius 2 is 1.80 bits per heavy atom. The van der Waals surface area contributed by atoms with E-state index in [1.165, 1.54) is 0 Å². The van der Waals surface area contributed by atoms with Crippen LogP contribution in [0.3, 0.4) is 0 Å². The summed E-state index contributed by atoms with van der Waals surface area (Å²) < 4.78 is 12.1. The van der Waals surface area contributed by atoms with Gasteiger partial charge in [0.1, 0.15) is 13.2 Å². The molecule has 1 aliphatic heterocycles. The molecule has 0 radical (unpaired) electrons. The van der Waals surface area contributed by atoms with Crippen LogP contribution in [0.15, 0.2) is 46.9 Å². The van der Waals surface area contributed by atoms with Gasteiger partial charge in [-0.15, -0.1) is 0 Å². The Labute approximate surface area is 156 Å². The standard InChI is InChI=1S/C20H22BrNO3/c1-3-15(14-7-5-4-6-8-14)20(23)22-13(2)16-11-18-19(12-17(16)21)25-10-9-24-18/h4-8,11-13,15H,3,9-10H2,1-2H3,(H,22,23). The van der Waals surface area contributed by atoms with Crippen LogP contribution in [0.5, 0.6) is 11.5 Å². The van der Waals surface area contributed by atoms with E-state index < -0.39 is 0 Å². The normalized spacial score (nSPS) is 15.3. The highest BCUT2D eigenvalue weighted by Gasteiger charge is 2.23. The van der Waals surface area contributed by atoms with Crippen molar-refractivity contribution in [3.05, 3.63) is 58.1 Å². The van der Waals surface area contributed by atoms with Gasteiger partial charge >= 0.3 is 0 Å². The third-order valence-corrected chi connectivity index (χ3v) is 5.10. The Morgan fingerprint density at radius 1 is 1.16 bits per heavy atom. The van der Waals surface area contributed by atoms with E-state index in [1.54, 1.807) is 0 Å². The molecule has 5 heteroatoms. The molecule has 1 amide bonds. The molecule has 0 saturated heterocycles. The van der Waals surface area contributed by atoms with E-state index in [4.69, 9.17) is 9.47 Å². The fourth-order valence-electron chi connectivity index (χ4n) is 3.06. The highest BCUT2D eigenvalue weighted by Crippen LogP contribution is 2.38. The van der Waals surface area contributed by atoms with Gasteiger partial charge < -0.3 is 14.8 Å². The molecule has 1 N–H and O–H groups in total. The Balaban J connectivity index is 1.77. The summed E-state index contributed by atoms with van der Waals surface area (Å²) in [7, 11) is 0. The van der Waals surface area contributed by atoms with Crippen LogP contribution in [0, 0.1) is 0 Å². The number of halogens is 1. The number of amides is 1. The first kappa shape index (κ1) is 17.8. The zero-order valence-electron chi connectivity index (χ0n) is 14.4. The highest BCUT2D eigenvalue weighted by molar-refractivity contribution is 9.10. The van der Waals surface area contributed by atoms with Gasteiger partial charge in [-0.1, -0.05) is 53.2 Å².